The summed E-state index contributed by atoms with van der Waals surface area (Å²) in [6.45, 7) is 7.52. The molecule has 0 unspecified atom stereocenters. The zero-order valence-corrected chi connectivity index (χ0v) is 11.8. The van der Waals surface area contributed by atoms with Gasteiger partial charge in [-0.05, 0) is 18.1 Å². The Morgan fingerprint density at radius 1 is 1.21 bits per heavy atom. The fourth-order valence-corrected chi connectivity index (χ4v) is 2.52. The molecule has 1 aromatic carbocycles. The van der Waals surface area contributed by atoms with E-state index in [2.05, 4.69) is 18.7 Å². The molecule has 1 aromatic rings. The Bertz CT molecular complexity index is 445. The number of benzene rings is 1. The third-order valence-electron chi connectivity index (χ3n) is 3.45. The average Bonchev–Trinajstić information content (AvgIpc) is 2.53. The van der Waals surface area contributed by atoms with Crippen LogP contribution in [0.15, 0.2) is 24.3 Å². The maximum Gasteiger partial charge on any atom is 0.224 e. The predicted molar refractivity (Wildman–Crippen MR) is 79.1 cm³/mol. The standard InChI is InChI=1S/C15H23N3O/c1-12(2)11-18-10-9-17(8-7-15(18)19)14-6-4-3-5-13(14)16/h3-6,12H,7-11,16H2,1-2H3. The van der Waals surface area contributed by atoms with Gasteiger partial charge in [-0.25, -0.2) is 0 Å². The second kappa shape index (κ2) is 5.95. The Hall–Kier alpha value is -1.71. The van der Waals surface area contributed by atoms with Crippen LogP contribution in [-0.2, 0) is 4.79 Å². The van der Waals surface area contributed by atoms with Gasteiger partial charge in [0.15, 0.2) is 0 Å². The molecule has 2 N–H and O–H groups in total. The summed E-state index contributed by atoms with van der Waals surface area (Å²) >= 11 is 0. The lowest BCUT2D eigenvalue weighted by atomic mass is 10.2. The summed E-state index contributed by atoms with van der Waals surface area (Å²) in [5.41, 5.74) is 7.84. The molecule has 4 nitrogen and oxygen atoms in total. The van der Waals surface area contributed by atoms with Gasteiger partial charge in [0, 0.05) is 32.6 Å². The fourth-order valence-electron chi connectivity index (χ4n) is 2.52. The van der Waals surface area contributed by atoms with Gasteiger partial charge in [0.2, 0.25) is 5.91 Å². The van der Waals surface area contributed by atoms with Gasteiger partial charge in [-0.2, -0.15) is 0 Å². The highest BCUT2D eigenvalue weighted by molar-refractivity contribution is 5.78. The molecule has 0 radical (unpaired) electrons. The zero-order chi connectivity index (χ0) is 13.8. The van der Waals surface area contributed by atoms with Gasteiger partial charge in [-0.1, -0.05) is 26.0 Å². The molecule has 0 saturated carbocycles. The molecule has 0 aromatic heterocycles. The van der Waals surface area contributed by atoms with E-state index in [1.807, 2.05) is 29.2 Å². The van der Waals surface area contributed by atoms with Crippen LogP contribution in [0.2, 0.25) is 0 Å². The molecule has 0 aliphatic carbocycles. The van der Waals surface area contributed by atoms with E-state index in [9.17, 15) is 4.79 Å². The van der Waals surface area contributed by atoms with E-state index < -0.39 is 0 Å². The topological polar surface area (TPSA) is 49.6 Å². The van der Waals surface area contributed by atoms with Crippen LogP contribution in [0.5, 0.6) is 0 Å². The minimum absolute atomic E-state index is 0.255. The largest absolute Gasteiger partial charge is 0.397 e. The highest BCUT2D eigenvalue weighted by atomic mass is 16.2. The highest BCUT2D eigenvalue weighted by Gasteiger charge is 2.22. The van der Waals surface area contributed by atoms with Crippen molar-refractivity contribution in [3.63, 3.8) is 0 Å². The maximum absolute atomic E-state index is 12.1. The summed E-state index contributed by atoms with van der Waals surface area (Å²) in [5.74, 6) is 0.767. The predicted octanol–water partition coefficient (Wildman–Crippen LogP) is 1.96. The lowest BCUT2D eigenvalue weighted by Gasteiger charge is -2.25. The van der Waals surface area contributed by atoms with Crippen LogP contribution >= 0.6 is 0 Å². The van der Waals surface area contributed by atoms with Crippen molar-refractivity contribution in [2.75, 3.05) is 36.8 Å². The highest BCUT2D eigenvalue weighted by Crippen LogP contribution is 2.23. The molecule has 1 fully saturated rings. The Balaban J connectivity index is 2.08. The third kappa shape index (κ3) is 3.40. The third-order valence-corrected chi connectivity index (χ3v) is 3.45. The fraction of sp³-hybridized carbons (Fsp3) is 0.533. The number of carbonyl (C=O) groups is 1. The lowest BCUT2D eigenvalue weighted by Crippen LogP contribution is -2.36. The first kappa shape index (κ1) is 13.7. The molecule has 2 rings (SSSR count). The van der Waals surface area contributed by atoms with Crippen molar-refractivity contribution in [1.29, 1.82) is 0 Å². The van der Waals surface area contributed by atoms with Crippen LogP contribution in [0.25, 0.3) is 0 Å². The Morgan fingerprint density at radius 3 is 2.63 bits per heavy atom. The number of hydrogen-bond acceptors (Lipinski definition) is 3. The number of nitrogen functional groups attached to an aromatic ring is 1. The number of nitrogens with zero attached hydrogens (tertiary/aromatic N) is 2. The molecule has 0 bridgehead atoms. The molecule has 104 valence electrons. The minimum atomic E-state index is 0.255. The van der Waals surface area contributed by atoms with Crippen molar-refractivity contribution in [3.05, 3.63) is 24.3 Å². The molecule has 1 saturated heterocycles. The van der Waals surface area contributed by atoms with E-state index in [-0.39, 0.29) is 5.91 Å². The van der Waals surface area contributed by atoms with Crippen molar-refractivity contribution in [1.82, 2.24) is 4.90 Å². The molecular weight excluding hydrogens is 238 g/mol. The smallest absolute Gasteiger partial charge is 0.224 e. The molecule has 0 atom stereocenters. The minimum Gasteiger partial charge on any atom is -0.397 e. The zero-order valence-electron chi connectivity index (χ0n) is 11.8. The van der Waals surface area contributed by atoms with Crippen LogP contribution in [-0.4, -0.2) is 37.0 Å². The van der Waals surface area contributed by atoms with Crippen molar-refractivity contribution in [2.45, 2.75) is 20.3 Å². The number of hydrogen-bond donors (Lipinski definition) is 1. The summed E-state index contributed by atoms with van der Waals surface area (Å²) < 4.78 is 0. The Labute approximate surface area is 115 Å². The maximum atomic E-state index is 12.1. The van der Waals surface area contributed by atoms with Crippen LogP contribution in [0.3, 0.4) is 0 Å². The number of rotatable bonds is 3. The number of nitrogens with two attached hydrogens (primary N) is 1. The molecule has 0 spiro atoms. The van der Waals surface area contributed by atoms with Crippen molar-refractivity contribution in [3.8, 4) is 0 Å². The summed E-state index contributed by atoms with van der Waals surface area (Å²) in [6.07, 6.45) is 0.570. The summed E-state index contributed by atoms with van der Waals surface area (Å²) in [6, 6.07) is 7.86. The molecule has 19 heavy (non-hydrogen) atoms. The number of para-hydroxylation sites is 2. The van der Waals surface area contributed by atoms with Crippen LogP contribution < -0.4 is 10.6 Å². The van der Waals surface area contributed by atoms with Gasteiger partial charge in [0.05, 0.1) is 11.4 Å². The van der Waals surface area contributed by atoms with E-state index in [0.29, 0.717) is 12.3 Å². The van der Waals surface area contributed by atoms with Gasteiger partial charge >= 0.3 is 0 Å². The van der Waals surface area contributed by atoms with Crippen LogP contribution in [0, 0.1) is 5.92 Å². The SMILES string of the molecule is CC(C)CN1CCN(c2ccccc2N)CCC1=O. The molecule has 4 heteroatoms. The summed E-state index contributed by atoms with van der Waals surface area (Å²) in [7, 11) is 0. The quantitative estimate of drug-likeness (QED) is 0.846. The van der Waals surface area contributed by atoms with Crippen LogP contribution in [0.4, 0.5) is 11.4 Å². The van der Waals surface area contributed by atoms with E-state index in [0.717, 1.165) is 37.6 Å². The second-order valence-corrected chi connectivity index (χ2v) is 5.53. The summed E-state index contributed by atoms with van der Waals surface area (Å²) in [5, 5.41) is 0. The number of amides is 1. The van der Waals surface area contributed by atoms with E-state index in [4.69, 9.17) is 5.73 Å². The normalized spacial score (nSPS) is 16.9. The number of carbonyl (C=O) groups excluding carboxylic acids is 1. The van der Waals surface area contributed by atoms with Crippen LogP contribution in [0.1, 0.15) is 20.3 Å². The second-order valence-electron chi connectivity index (χ2n) is 5.53. The average molecular weight is 261 g/mol. The molecule has 1 heterocycles. The summed E-state index contributed by atoms with van der Waals surface area (Å²) in [4.78, 5) is 16.3. The van der Waals surface area contributed by atoms with E-state index >= 15 is 0 Å². The lowest BCUT2D eigenvalue weighted by molar-refractivity contribution is -0.130. The molecule has 1 aliphatic heterocycles. The van der Waals surface area contributed by atoms with Gasteiger partial charge < -0.3 is 15.5 Å². The number of anilines is 2. The van der Waals surface area contributed by atoms with Gasteiger partial charge in [0.1, 0.15) is 0 Å². The monoisotopic (exact) mass is 261 g/mol. The molecule has 1 aliphatic rings. The van der Waals surface area contributed by atoms with Crippen molar-refractivity contribution < 1.29 is 4.79 Å². The van der Waals surface area contributed by atoms with E-state index in [1.54, 1.807) is 0 Å². The van der Waals surface area contributed by atoms with Crippen molar-refractivity contribution >= 4 is 17.3 Å². The first-order valence-corrected chi connectivity index (χ1v) is 6.95. The molecular formula is C15H23N3O. The Kier molecular flexibility index (Phi) is 4.30. The van der Waals surface area contributed by atoms with E-state index in [1.165, 1.54) is 0 Å². The van der Waals surface area contributed by atoms with Gasteiger partial charge in [-0.15, -0.1) is 0 Å². The van der Waals surface area contributed by atoms with Gasteiger partial charge in [-0.3, -0.25) is 4.79 Å². The van der Waals surface area contributed by atoms with Crippen molar-refractivity contribution in [2.24, 2.45) is 5.92 Å². The first-order valence-electron chi connectivity index (χ1n) is 6.95. The van der Waals surface area contributed by atoms with Gasteiger partial charge in [0.25, 0.3) is 0 Å². The Morgan fingerprint density at radius 2 is 1.95 bits per heavy atom. The molecule has 1 amide bonds. The first-order chi connectivity index (χ1) is 9.08.